The number of ether oxygens (including phenoxy) is 2. The molecule has 0 saturated heterocycles. The highest BCUT2D eigenvalue weighted by molar-refractivity contribution is 5.88. The molecule has 0 aromatic heterocycles. The summed E-state index contributed by atoms with van der Waals surface area (Å²) in [5.74, 6) is -0.328. The smallest absolute Gasteiger partial charge is 0.310 e. The van der Waals surface area contributed by atoms with E-state index < -0.39 is 0 Å². The molecule has 0 spiro atoms. The van der Waals surface area contributed by atoms with Gasteiger partial charge in [0, 0.05) is 26.1 Å². The number of anilines is 1. The Balaban J connectivity index is 1.82. The van der Waals surface area contributed by atoms with Gasteiger partial charge in [-0.2, -0.15) is 0 Å². The van der Waals surface area contributed by atoms with Crippen LogP contribution < -0.4 is 5.32 Å². The van der Waals surface area contributed by atoms with E-state index in [2.05, 4.69) is 5.32 Å². The van der Waals surface area contributed by atoms with E-state index in [1.54, 1.807) is 19.2 Å². The lowest BCUT2D eigenvalue weighted by Gasteiger charge is -2.27. The first-order chi connectivity index (χ1) is 10.6. The Kier molecular flexibility index (Phi) is 5.95. The van der Waals surface area contributed by atoms with Crippen LogP contribution in [0.15, 0.2) is 24.3 Å². The van der Waals surface area contributed by atoms with Crippen LogP contribution >= 0.6 is 0 Å². The largest absolute Gasteiger partial charge is 0.462 e. The van der Waals surface area contributed by atoms with Crippen LogP contribution in [0.2, 0.25) is 0 Å². The maximum Gasteiger partial charge on any atom is 0.310 e. The molecule has 0 radical (unpaired) electrons. The van der Waals surface area contributed by atoms with Gasteiger partial charge >= 0.3 is 5.97 Å². The summed E-state index contributed by atoms with van der Waals surface area (Å²) in [6, 6.07) is 7.22. The number of hydrogen-bond acceptors (Lipinski definition) is 4. The summed E-state index contributed by atoms with van der Waals surface area (Å²) < 4.78 is 10.9. The van der Waals surface area contributed by atoms with Crippen molar-refractivity contribution in [3.63, 3.8) is 0 Å². The van der Waals surface area contributed by atoms with E-state index in [0.717, 1.165) is 36.9 Å². The summed E-state index contributed by atoms with van der Waals surface area (Å²) in [5.41, 5.74) is 1.60. The average Bonchev–Trinajstić information content (AvgIpc) is 2.49. The molecule has 5 nitrogen and oxygen atoms in total. The molecule has 1 fully saturated rings. The third kappa shape index (κ3) is 5.15. The van der Waals surface area contributed by atoms with Crippen molar-refractivity contribution >= 4 is 17.6 Å². The van der Waals surface area contributed by atoms with Crippen molar-refractivity contribution in [3.8, 4) is 0 Å². The van der Waals surface area contributed by atoms with Crippen molar-refractivity contribution in [2.24, 2.45) is 0 Å². The van der Waals surface area contributed by atoms with Crippen LogP contribution in [0.4, 0.5) is 5.69 Å². The average molecular weight is 305 g/mol. The van der Waals surface area contributed by atoms with Gasteiger partial charge in [-0.05, 0) is 37.0 Å². The molecule has 120 valence electrons. The number of methoxy groups -OCH3 is 1. The third-order valence-electron chi connectivity index (χ3n) is 3.83. The van der Waals surface area contributed by atoms with Gasteiger partial charge in [-0.15, -0.1) is 0 Å². The van der Waals surface area contributed by atoms with Crippen molar-refractivity contribution in [1.82, 2.24) is 0 Å². The SMILES string of the molecule is COC1CCCC(OC(=O)Cc2ccc(NC(C)=O)cc2)C1. The Labute approximate surface area is 131 Å². The van der Waals surface area contributed by atoms with E-state index >= 15 is 0 Å². The Hall–Kier alpha value is -1.88. The maximum absolute atomic E-state index is 12.0. The lowest BCUT2D eigenvalue weighted by molar-refractivity contribution is -0.151. The van der Waals surface area contributed by atoms with Crippen molar-refractivity contribution in [3.05, 3.63) is 29.8 Å². The van der Waals surface area contributed by atoms with Gasteiger partial charge in [0.1, 0.15) is 6.10 Å². The molecule has 0 aliphatic heterocycles. The number of rotatable bonds is 5. The van der Waals surface area contributed by atoms with E-state index in [0.29, 0.717) is 0 Å². The Morgan fingerprint density at radius 3 is 2.50 bits per heavy atom. The summed E-state index contributed by atoms with van der Waals surface area (Å²) in [5, 5.41) is 2.69. The monoisotopic (exact) mass is 305 g/mol. The first kappa shape index (κ1) is 16.5. The zero-order chi connectivity index (χ0) is 15.9. The predicted octanol–water partition coefficient (Wildman–Crippen LogP) is 2.69. The molecule has 1 aliphatic rings. The lowest BCUT2D eigenvalue weighted by atomic mass is 9.95. The van der Waals surface area contributed by atoms with Crippen molar-refractivity contribution in [2.75, 3.05) is 12.4 Å². The van der Waals surface area contributed by atoms with Gasteiger partial charge in [-0.25, -0.2) is 0 Å². The molecule has 2 atom stereocenters. The van der Waals surface area contributed by atoms with E-state index in [1.807, 2.05) is 12.1 Å². The number of amides is 1. The molecule has 0 bridgehead atoms. The van der Waals surface area contributed by atoms with Gasteiger partial charge in [-0.1, -0.05) is 12.1 Å². The Morgan fingerprint density at radius 2 is 1.86 bits per heavy atom. The standard InChI is InChI=1S/C17H23NO4/c1-12(19)18-14-8-6-13(7-9-14)10-17(20)22-16-5-3-4-15(11-16)21-2/h6-9,15-16H,3-5,10-11H2,1-2H3,(H,18,19). The topological polar surface area (TPSA) is 64.6 Å². The predicted molar refractivity (Wildman–Crippen MR) is 83.6 cm³/mol. The number of carbonyl (C=O) groups excluding carboxylic acids is 2. The highest BCUT2D eigenvalue weighted by Gasteiger charge is 2.24. The number of carbonyl (C=O) groups is 2. The van der Waals surface area contributed by atoms with Crippen LogP contribution in [0, 0.1) is 0 Å². The maximum atomic E-state index is 12.0. The fourth-order valence-electron chi connectivity index (χ4n) is 2.73. The van der Waals surface area contributed by atoms with Crippen molar-refractivity contribution < 1.29 is 19.1 Å². The fourth-order valence-corrected chi connectivity index (χ4v) is 2.73. The molecule has 2 unspecified atom stereocenters. The molecule has 2 rings (SSSR count). The number of esters is 1. The zero-order valence-electron chi connectivity index (χ0n) is 13.1. The minimum absolute atomic E-state index is 0.0372. The van der Waals surface area contributed by atoms with Crippen LogP contribution in [0.1, 0.15) is 38.2 Å². The van der Waals surface area contributed by atoms with Gasteiger partial charge in [0.05, 0.1) is 12.5 Å². The first-order valence-corrected chi connectivity index (χ1v) is 7.65. The molecular weight excluding hydrogens is 282 g/mol. The molecule has 22 heavy (non-hydrogen) atoms. The van der Waals surface area contributed by atoms with Gasteiger partial charge in [0.15, 0.2) is 0 Å². The number of nitrogens with one attached hydrogen (secondary N) is 1. The second-order valence-corrected chi connectivity index (χ2v) is 5.69. The normalized spacial score (nSPS) is 21.2. The first-order valence-electron chi connectivity index (χ1n) is 7.65. The van der Waals surface area contributed by atoms with E-state index in [9.17, 15) is 9.59 Å². The quantitative estimate of drug-likeness (QED) is 0.850. The lowest BCUT2D eigenvalue weighted by Crippen LogP contribution is -2.29. The van der Waals surface area contributed by atoms with Crippen LogP contribution in [0.3, 0.4) is 0 Å². The summed E-state index contributed by atoms with van der Waals surface area (Å²) in [6.45, 7) is 1.46. The van der Waals surface area contributed by atoms with Crippen LogP contribution in [-0.2, 0) is 25.5 Å². The third-order valence-corrected chi connectivity index (χ3v) is 3.83. The summed E-state index contributed by atoms with van der Waals surface area (Å²) in [6.07, 6.45) is 4.16. The number of benzene rings is 1. The molecule has 5 heteroatoms. The second kappa shape index (κ2) is 7.94. The van der Waals surface area contributed by atoms with Gasteiger partial charge < -0.3 is 14.8 Å². The van der Waals surface area contributed by atoms with E-state index in [4.69, 9.17) is 9.47 Å². The molecule has 1 saturated carbocycles. The minimum Gasteiger partial charge on any atom is -0.462 e. The number of hydrogen-bond donors (Lipinski definition) is 1. The molecular formula is C17H23NO4. The Bertz CT molecular complexity index is 512. The Morgan fingerprint density at radius 1 is 1.18 bits per heavy atom. The summed E-state index contributed by atoms with van der Waals surface area (Å²) in [7, 11) is 1.70. The van der Waals surface area contributed by atoms with Crippen LogP contribution in [-0.4, -0.2) is 31.2 Å². The fraction of sp³-hybridized carbons (Fsp3) is 0.529. The highest BCUT2D eigenvalue weighted by Crippen LogP contribution is 2.23. The summed E-state index contributed by atoms with van der Waals surface area (Å²) in [4.78, 5) is 23.0. The highest BCUT2D eigenvalue weighted by atomic mass is 16.5. The molecule has 1 N–H and O–H groups in total. The van der Waals surface area contributed by atoms with Crippen molar-refractivity contribution in [1.29, 1.82) is 0 Å². The zero-order valence-corrected chi connectivity index (χ0v) is 13.1. The van der Waals surface area contributed by atoms with E-state index in [1.165, 1.54) is 6.92 Å². The van der Waals surface area contributed by atoms with Gasteiger partial charge in [0.25, 0.3) is 0 Å². The molecule has 0 heterocycles. The van der Waals surface area contributed by atoms with Gasteiger partial charge in [0.2, 0.25) is 5.91 Å². The van der Waals surface area contributed by atoms with Crippen LogP contribution in [0.5, 0.6) is 0 Å². The van der Waals surface area contributed by atoms with Crippen LogP contribution in [0.25, 0.3) is 0 Å². The van der Waals surface area contributed by atoms with Gasteiger partial charge in [-0.3, -0.25) is 9.59 Å². The van der Waals surface area contributed by atoms with E-state index in [-0.39, 0.29) is 30.5 Å². The molecule has 1 aromatic carbocycles. The molecule has 1 aromatic rings. The summed E-state index contributed by atoms with van der Waals surface area (Å²) >= 11 is 0. The second-order valence-electron chi connectivity index (χ2n) is 5.69. The molecule has 1 aliphatic carbocycles. The molecule has 1 amide bonds. The minimum atomic E-state index is -0.214. The van der Waals surface area contributed by atoms with Crippen molar-refractivity contribution in [2.45, 2.75) is 51.2 Å².